The van der Waals surface area contributed by atoms with E-state index in [-0.39, 0.29) is 10.5 Å². The lowest BCUT2D eigenvalue weighted by Crippen LogP contribution is -2.10. The van der Waals surface area contributed by atoms with Crippen LogP contribution in [-0.4, -0.2) is 10.5 Å². The highest BCUT2D eigenvalue weighted by Crippen LogP contribution is 2.46. The van der Waals surface area contributed by atoms with Crippen molar-refractivity contribution in [2.75, 3.05) is 0 Å². The quantitative estimate of drug-likeness (QED) is 0.753. The summed E-state index contributed by atoms with van der Waals surface area (Å²) in [5.41, 5.74) is 2.10. The lowest BCUT2D eigenvalue weighted by Gasteiger charge is -2.22. The second-order valence-corrected chi connectivity index (χ2v) is 8.02. The third-order valence-electron chi connectivity index (χ3n) is 2.53. The van der Waals surface area contributed by atoms with E-state index < -0.39 is 0 Å². The number of benzene rings is 1. The normalized spacial score (nSPS) is 20.0. The minimum Gasteiger partial charge on any atom is -0.294 e. The van der Waals surface area contributed by atoms with Crippen molar-refractivity contribution in [2.45, 2.75) is 37.2 Å². The van der Waals surface area contributed by atoms with Crippen LogP contribution in [0.2, 0.25) is 0 Å². The molecule has 0 fully saturated rings. The van der Waals surface area contributed by atoms with Gasteiger partial charge in [-0.1, -0.05) is 36.7 Å². The summed E-state index contributed by atoms with van der Waals surface area (Å²) in [5, 5.41) is 0.319. The van der Waals surface area contributed by atoms with Crippen LogP contribution in [0, 0.1) is 0 Å². The van der Waals surface area contributed by atoms with E-state index in [1.165, 1.54) is 5.56 Å². The van der Waals surface area contributed by atoms with E-state index in [2.05, 4.69) is 42.8 Å². The number of ketones is 1. The lowest BCUT2D eigenvalue weighted by molar-refractivity contribution is 0.0994. The van der Waals surface area contributed by atoms with Gasteiger partial charge in [0.2, 0.25) is 0 Å². The molecule has 0 aromatic heterocycles. The molecule has 0 amide bonds. The Morgan fingerprint density at radius 3 is 2.69 bits per heavy atom. The van der Waals surface area contributed by atoms with Crippen molar-refractivity contribution < 1.29 is 4.79 Å². The molecule has 1 unspecified atom stereocenters. The smallest absolute Gasteiger partial charge is 0.164 e. The number of hydrogen-bond donors (Lipinski definition) is 0. The Morgan fingerprint density at radius 2 is 2.06 bits per heavy atom. The molecule has 16 heavy (non-hydrogen) atoms. The third-order valence-corrected chi connectivity index (χ3v) is 4.43. The summed E-state index contributed by atoms with van der Waals surface area (Å²) in [7, 11) is 0. The zero-order valence-corrected chi connectivity index (χ0v) is 12.1. The zero-order chi connectivity index (χ0) is 11.9. The van der Waals surface area contributed by atoms with Crippen LogP contribution in [0.25, 0.3) is 0 Å². The topological polar surface area (TPSA) is 17.1 Å². The molecule has 0 aliphatic heterocycles. The average molecular weight is 299 g/mol. The number of hydrogen-bond acceptors (Lipinski definition) is 2. The first-order valence-electron chi connectivity index (χ1n) is 5.37. The van der Waals surface area contributed by atoms with Gasteiger partial charge in [-0.2, -0.15) is 0 Å². The number of rotatable bonds is 1. The van der Waals surface area contributed by atoms with Gasteiger partial charge < -0.3 is 0 Å². The highest BCUT2D eigenvalue weighted by atomic mass is 79.9. The Bertz CT molecular complexity index is 434. The maximum Gasteiger partial charge on any atom is 0.164 e. The number of carbonyl (C=O) groups is 1. The second kappa shape index (κ2) is 4.19. The second-order valence-electron chi connectivity index (χ2n) is 5.08. The molecule has 86 valence electrons. The fourth-order valence-corrected chi connectivity index (χ4v) is 3.76. The first kappa shape index (κ1) is 12.2. The van der Waals surface area contributed by atoms with E-state index >= 15 is 0 Å². The lowest BCUT2D eigenvalue weighted by atomic mass is 10.1. The van der Waals surface area contributed by atoms with Crippen LogP contribution in [0.5, 0.6) is 0 Å². The fraction of sp³-hybridized carbons (Fsp3) is 0.462. The van der Waals surface area contributed by atoms with E-state index in [1.807, 2.05) is 23.9 Å². The minimum absolute atomic E-state index is 0.189. The summed E-state index contributed by atoms with van der Waals surface area (Å²) in [6.45, 7) is 6.58. The molecule has 1 aromatic rings. The number of fused-ring (bicyclic) bond motifs is 1. The van der Waals surface area contributed by atoms with Gasteiger partial charge in [-0.05, 0) is 23.8 Å². The van der Waals surface area contributed by atoms with Gasteiger partial charge >= 0.3 is 0 Å². The maximum absolute atomic E-state index is 11.8. The van der Waals surface area contributed by atoms with Gasteiger partial charge in [0.05, 0.1) is 0 Å². The summed E-state index contributed by atoms with van der Waals surface area (Å²) in [6, 6.07) is 5.97. The Kier molecular flexibility index (Phi) is 3.19. The van der Waals surface area contributed by atoms with Crippen LogP contribution in [0.1, 0.15) is 48.4 Å². The van der Waals surface area contributed by atoms with E-state index in [4.69, 9.17) is 0 Å². The molecule has 0 spiro atoms. The Morgan fingerprint density at radius 1 is 1.38 bits per heavy atom. The molecular formula is C13H15BrOS. The number of halogens is 1. The molecule has 0 heterocycles. The van der Waals surface area contributed by atoms with Crippen molar-refractivity contribution in [1.82, 2.24) is 0 Å². The van der Waals surface area contributed by atoms with Crippen LogP contribution >= 0.6 is 27.7 Å². The predicted octanol–water partition coefficient (Wildman–Crippen LogP) is 4.61. The van der Waals surface area contributed by atoms with E-state index in [0.717, 1.165) is 10.0 Å². The molecule has 0 N–H and O–H groups in total. The fourth-order valence-electron chi connectivity index (χ4n) is 1.97. The maximum atomic E-state index is 11.8. The van der Waals surface area contributed by atoms with E-state index in [9.17, 15) is 4.79 Å². The molecule has 2 rings (SSSR count). The van der Waals surface area contributed by atoms with Gasteiger partial charge in [0, 0.05) is 26.5 Å². The average Bonchev–Trinajstić information content (AvgIpc) is 2.40. The molecule has 0 saturated carbocycles. The van der Waals surface area contributed by atoms with Crippen molar-refractivity contribution in [1.29, 1.82) is 0 Å². The Balaban J connectivity index is 2.34. The Labute approximate surface area is 109 Å². The molecule has 1 atom stereocenters. The highest BCUT2D eigenvalue weighted by molar-refractivity contribution is 9.10. The van der Waals surface area contributed by atoms with Crippen molar-refractivity contribution in [3.63, 3.8) is 0 Å². The minimum atomic E-state index is 0.189. The van der Waals surface area contributed by atoms with Crippen LogP contribution in [0.15, 0.2) is 22.7 Å². The van der Waals surface area contributed by atoms with Crippen LogP contribution in [-0.2, 0) is 0 Å². The molecule has 1 aliphatic rings. The molecule has 0 bridgehead atoms. The number of Topliss-reactive ketones (excluding diaryl/α,β-unsaturated/α-hetero) is 1. The van der Waals surface area contributed by atoms with Crippen LogP contribution < -0.4 is 0 Å². The van der Waals surface area contributed by atoms with Crippen molar-refractivity contribution in [2.24, 2.45) is 0 Å². The van der Waals surface area contributed by atoms with Gasteiger partial charge in [-0.3, -0.25) is 4.79 Å². The standard InChI is InChI=1S/C13H15BrOS/c1-13(2,3)16-12-7-11(15)9-5-4-8(14)6-10(9)12/h4-6,12H,7H2,1-3H3. The van der Waals surface area contributed by atoms with Crippen molar-refractivity contribution >= 4 is 33.5 Å². The summed E-state index contributed by atoms with van der Waals surface area (Å²) in [4.78, 5) is 11.8. The molecule has 0 radical (unpaired) electrons. The molecule has 1 aliphatic carbocycles. The van der Waals surface area contributed by atoms with E-state index in [0.29, 0.717) is 11.7 Å². The SMILES string of the molecule is CC(C)(C)SC1CC(=O)c2ccc(Br)cc21. The highest BCUT2D eigenvalue weighted by Gasteiger charge is 2.32. The van der Waals surface area contributed by atoms with Gasteiger partial charge in [-0.25, -0.2) is 0 Å². The van der Waals surface area contributed by atoms with E-state index in [1.54, 1.807) is 0 Å². The summed E-state index contributed by atoms with van der Waals surface area (Å²) in [6.07, 6.45) is 0.647. The summed E-state index contributed by atoms with van der Waals surface area (Å²) < 4.78 is 1.25. The predicted molar refractivity (Wildman–Crippen MR) is 73.2 cm³/mol. The first-order chi connectivity index (χ1) is 7.37. The van der Waals surface area contributed by atoms with Gasteiger partial charge in [0.25, 0.3) is 0 Å². The van der Waals surface area contributed by atoms with Gasteiger partial charge in [0.1, 0.15) is 0 Å². The first-order valence-corrected chi connectivity index (χ1v) is 7.04. The Hall–Kier alpha value is -0.280. The largest absolute Gasteiger partial charge is 0.294 e. The molecule has 3 heteroatoms. The molecule has 0 saturated heterocycles. The van der Waals surface area contributed by atoms with Crippen LogP contribution in [0.4, 0.5) is 0 Å². The van der Waals surface area contributed by atoms with Crippen molar-refractivity contribution in [3.8, 4) is 0 Å². The number of carbonyl (C=O) groups excluding carboxylic acids is 1. The summed E-state index contributed by atoms with van der Waals surface area (Å²) >= 11 is 5.35. The number of thioether (sulfide) groups is 1. The zero-order valence-electron chi connectivity index (χ0n) is 9.71. The molecule has 1 nitrogen and oxygen atoms in total. The van der Waals surface area contributed by atoms with Gasteiger partial charge in [0.15, 0.2) is 5.78 Å². The monoisotopic (exact) mass is 298 g/mol. The van der Waals surface area contributed by atoms with Crippen molar-refractivity contribution in [3.05, 3.63) is 33.8 Å². The molecular weight excluding hydrogens is 284 g/mol. The molecule has 1 aromatic carbocycles. The third kappa shape index (κ3) is 2.51. The summed E-state index contributed by atoms with van der Waals surface area (Å²) in [5.74, 6) is 0.282. The van der Waals surface area contributed by atoms with Gasteiger partial charge in [-0.15, -0.1) is 11.8 Å². The van der Waals surface area contributed by atoms with Crippen LogP contribution in [0.3, 0.4) is 0 Å².